The van der Waals surface area contributed by atoms with Crippen LogP contribution in [0.15, 0.2) is 60.7 Å². The van der Waals surface area contributed by atoms with Crippen LogP contribution in [0.5, 0.6) is 0 Å². The second-order valence-corrected chi connectivity index (χ2v) is 14.5. The number of carbonyl (C=O) groups excluding carboxylic acids is 3. The molecule has 0 saturated heterocycles. The Morgan fingerprint density at radius 2 is 0.932 bits per heavy atom. The van der Waals surface area contributed by atoms with Crippen LogP contribution in [0.3, 0.4) is 0 Å². The van der Waals surface area contributed by atoms with Gasteiger partial charge in [0.2, 0.25) is 6.10 Å². The molecule has 2 aromatic rings. The van der Waals surface area contributed by atoms with Crippen LogP contribution < -0.4 is 0 Å². The summed E-state index contributed by atoms with van der Waals surface area (Å²) >= 11 is 0. The van der Waals surface area contributed by atoms with Crippen molar-refractivity contribution in [3.05, 3.63) is 71.8 Å². The zero-order valence-corrected chi connectivity index (χ0v) is 34.8. The van der Waals surface area contributed by atoms with E-state index < -0.39 is 65.8 Å². The van der Waals surface area contributed by atoms with Crippen LogP contribution in [-0.4, -0.2) is 77.0 Å². The Kier molecular flexibility index (Phi) is 23.1. The Hall–Kier alpha value is -3.69. The summed E-state index contributed by atoms with van der Waals surface area (Å²) in [7, 11) is 2.64. The minimum atomic E-state index is -5.19. The molecule has 2 aromatic carbocycles. The number of carbonyl (C=O) groups is 3. The highest BCUT2D eigenvalue weighted by Gasteiger charge is 2.65. The SMILES string of the molecule is CCC[C@@H](CCCCCCCCCCCCCCCCOC[C@H](OC(=O)C(OC)(c1ccccc1)C(F)(F)F)C(=O)OC)OC(=O)C(OC)(c1ccccc1)C(F)(F)F. The van der Waals surface area contributed by atoms with Gasteiger partial charge >= 0.3 is 30.3 Å². The summed E-state index contributed by atoms with van der Waals surface area (Å²) in [5.74, 6) is -4.30. The van der Waals surface area contributed by atoms with Gasteiger partial charge in [-0.05, 0) is 25.7 Å². The molecule has 0 N–H and O–H groups in total. The lowest BCUT2D eigenvalue weighted by atomic mass is 9.92. The minimum absolute atomic E-state index is 0.219. The molecule has 0 bridgehead atoms. The van der Waals surface area contributed by atoms with E-state index in [2.05, 4.69) is 4.74 Å². The smallest absolute Gasteiger partial charge is 0.432 e. The fourth-order valence-electron chi connectivity index (χ4n) is 6.97. The number of ether oxygens (including phenoxy) is 6. The Morgan fingerprint density at radius 3 is 1.31 bits per heavy atom. The lowest BCUT2D eigenvalue weighted by molar-refractivity contribution is -0.279. The van der Waals surface area contributed by atoms with Crippen molar-refractivity contribution >= 4 is 17.9 Å². The molecule has 2 rings (SSSR count). The van der Waals surface area contributed by atoms with Crippen LogP contribution >= 0.6 is 0 Å². The van der Waals surface area contributed by atoms with Gasteiger partial charge in [0.25, 0.3) is 11.2 Å². The summed E-state index contributed by atoms with van der Waals surface area (Å²) in [5.41, 5.74) is -7.44. The van der Waals surface area contributed by atoms with Gasteiger partial charge in [0.1, 0.15) is 6.10 Å². The van der Waals surface area contributed by atoms with Gasteiger partial charge in [0, 0.05) is 32.0 Å². The molecule has 0 fully saturated rings. The van der Waals surface area contributed by atoms with Crippen LogP contribution in [0.1, 0.15) is 127 Å². The molecule has 59 heavy (non-hydrogen) atoms. The first kappa shape index (κ1) is 51.5. The number of hydrogen-bond acceptors (Lipinski definition) is 9. The topological polar surface area (TPSA) is 107 Å². The highest BCUT2D eigenvalue weighted by atomic mass is 19.4. The number of hydrogen-bond donors (Lipinski definition) is 0. The van der Waals surface area contributed by atoms with Crippen molar-refractivity contribution in [3.8, 4) is 0 Å². The quantitative estimate of drug-likeness (QED) is 0.0329. The number of unbranched alkanes of at least 4 members (excludes halogenated alkanes) is 13. The van der Waals surface area contributed by atoms with Crippen LogP contribution in [0.25, 0.3) is 0 Å². The van der Waals surface area contributed by atoms with Crippen LogP contribution in [0.4, 0.5) is 26.3 Å². The highest BCUT2D eigenvalue weighted by molar-refractivity contribution is 5.86. The number of benzene rings is 2. The van der Waals surface area contributed by atoms with Crippen molar-refractivity contribution in [3.63, 3.8) is 0 Å². The zero-order valence-electron chi connectivity index (χ0n) is 34.8. The molecule has 0 spiro atoms. The number of rotatable bonds is 30. The second kappa shape index (κ2) is 26.5. The largest absolute Gasteiger partial charge is 0.466 e. The summed E-state index contributed by atoms with van der Waals surface area (Å²) < 4.78 is 116. The van der Waals surface area contributed by atoms with Gasteiger partial charge in [-0.1, -0.05) is 151 Å². The third-order valence-electron chi connectivity index (χ3n) is 10.3. The average Bonchev–Trinajstić information content (AvgIpc) is 3.20. The van der Waals surface area contributed by atoms with Gasteiger partial charge in [0.15, 0.2) is 0 Å². The monoisotopic (exact) mass is 848 g/mol. The van der Waals surface area contributed by atoms with E-state index >= 15 is 0 Å². The normalized spacial score (nSPS) is 15.1. The Labute approximate surface area is 344 Å². The first-order chi connectivity index (χ1) is 28.2. The van der Waals surface area contributed by atoms with E-state index in [1.807, 2.05) is 6.92 Å². The first-order valence-electron chi connectivity index (χ1n) is 20.6. The fourth-order valence-corrected chi connectivity index (χ4v) is 6.97. The second-order valence-electron chi connectivity index (χ2n) is 14.5. The van der Waals surface area contributed by atoms with E-state index in [9.17, 15) is 40.7 Å². The Balaban J connectivity index is 1.58. The molecule has 0 saturated carbocycles. The van der Waals surface area contributed by atoms with Gasteiger partial charge in [-0.25, -0.2) is 14.4 Å². The van der Waals surface area contributed by atoms with Crippen molar-refractivity contribution in [2.24, 2.45) is 0 Å². The molecule has 4 atom stereocenters. The van der Waals surface area contributed by atoms with Gasteiger partial charge < -0.3 is 28.4 Å². The molecule has 9 nitrogen and oxygen atoms in total. The highest BCUT2D eigenvalue weighted by Crippen LogP contribution is 2.44. The molecule has 334 valence electrons. The molecular weight excluding hydrogens is 786 g/mol. The lowest BCUT2D eigenvalue weighted by Gasteiger charge is -2.33. The summed E-state index contributed by atoms with van der Waals surface area (Å²) in [4.78, 5) is 38.2. The maximum atomic E-state index is 14.2. The Bertz CT molecular complexity index is 1470. The van der Waals surface area contributed by atoms with E-state index in [-0.39, 0.29) is 12.2 Å². The summed E-state index contributed by atoms with van der Waals surface area (Å²) in [5, 5.41) is 0. The van der Waals surface area contributed by atoms with Gasteiger partial charge in [-0.3, -0.25) is 0 Å². The maximum absolute atomic E-state index is 14.2. The molecule has 2 unspecified atom stereocenters. The third kappa shape index (κ3) is 15.4. The minimum Gasteiger partial charge on any atom is -0.466 e. The first-order valence-corrected chi connectivity index (χ1v) is 20.6. The van der Waals surface area contributed by atoms with E-state index in [1.54, 1.807) is 6.07 Å². The molecule has 0 aliphatic heterocycles. The van der Waals surface area contributed by atoms with Crippen LogP contribution in [-0.2, 0) is 54.0 Å². The van der Waals surface area contributed by atoms with E-state index in [0.29, 0.717) is 25.7 Å². The number of methoxy groups -OCH3 is 3. The Morgan fingerprint density at radius 1 is 0.542 bits per heavy atom. The van der Waals surface area contributed by atoms with E-state index in [4.69, 9.17) is 23.7 Å². The lowest BCUT2D eigenvalue weighted by Crippen LogP contribution is -2.53. The standard InChI is InChI=1S/C44H62F6O9/c1-5-26-36(58-39(52)41(55-3,43(45,46)47)34-27-20-18-21-28-34)31-24-16-14-12-10-8-6-7-9-11-13-15-17-25-32-57-33-37(38(51)54-2)59-40(53)42(56-4,44(48,49)50)35-29-22-19-23-30-35/h18-23,27-30,36-37H,5-17,24-26,31-33H2,1-4H3/t36-,37-,41?,42?/m0/s1. The molecule has 0 radical (unpaired) electrons. The summed E-state index contributed by atoms with van der Waals surface area (Å²) in [6.45, 7) is 1.65. The van der Waals surface area contributed by atoms with Crippen molar-refractivity contribution < 1.29 is 69.1 Å². The van der Waals surface area contributed by atoms with Crippen molar-refractivity contribution in [2.75, 3.05) is 34.5 Å². The van der Waals surface area contributed by atoms with Gasteiger partial charge in [-0.15, -0.1) is 0 Å². The molecule has 0 aromatic heterocycles. The van der Waals surface area contributed by atoms with Crippen LogP contribution in [0.2, 0.25) is 0 Å². The number of esters is 3. The van der Waals surface area contributed by atoms with Crippen molar-refractivity contribution in [1.29, 1.82) is 0 Å². The molecule has 0 aliphatic carbocycles. The third-order valence-corrected chi connectivity index (χ3v) is 10.3. The molecule has 0 amide bonds. The predicted molar refractivity (Wildman–Crippen MR) is 209 cm³/mol. The average molecular weight is 849 g/mol. The van der Waals surface area contributed by atoms with Crippen LogP contribution in [0, 0.1) is 0 Å². The molecule has 15 heteroatoms. The van der Waals surface area contributed by atoms with E-state index in [0.717, 1.165) is 117 Å². The molecule has 0 aliphatic rings. The number of alkyl halides is 6. The summed E-state index contributed by atoms with van der Waals surface area (Å²) in [6, 6.07) is 13.1. The van der Waals surface area contributed by atoms with E-state index in [1.165, 1.54) is 42.5 Å². The molecule has 0 heterocycles. The number of halogens is 6. The molecular formula is C44H62F6O9. The summed E-state index contributed by atoms with van der Waals surface area (Å²) in [6.07, 6.45) is 3.04. The van der Waals surface area contributed by atoms with Gasteiger partial charge in [-0.2, -0.15) is 26.3 Å². The fraction of sp³-hybridized carbons (Fsp3) is 0.659. The maximum Gasteiger partial charge on any atom is 0.432 e. The zero-order chi connectivity index (χ0) is 43.8. The van der Waals surface area contributed by atoms with Crippen molar-refractivity contribution in [2.45, 2.75) is 152 Å². The van der Waals surface area contributed by atoms with Gasteiger partial charge in [0.05, 0.1) is 13.7 Å². The van der Waals surface area contributed by atoms with Crippen molar-refractivity contribution in [1.82, 2.24) is 0 Å². The predicted octanol–water partition coefficient (Wildman–Crippen LogP) is 10.9.